The Kier molecular flexibility index (Phi) is 6.36. The Morgan fingerprint density at radius 1 is 1.78 bits per heavy atom. The first kappa shape index (κ1) is 9.14. The summed E-state index contributed by atoms with van der Waals surface area (Å²) in [7, 11) is 0.513. The first-order valence-corrected chi connectivity index (χ1v) is 5.30. The quantitative estimate of drug-likeness (QED) is 0.359. The van der Waals surface area contributed by atoms with Crippen LogP contribution < -0.4 is 0 Å². The van der Waals surface area contributed by atoms with E-state index in [2.05, 4.69) is 6.58 Å². The van der Waals surface area contributed by atoms with Crippen LogP contribution in [-0.4, -0.2) is 10.3 Å². The molecule has 0 amide bonds. The monoisotopic (exact) mass is 162 g/mol. The Labute approximate surface area is 62.8 Å². The molecule has 0 fully saturated rings. The Bertz CT molecular complexity index is 101. The van der Waals surface area contributed by atoms with E-state index in [9.17, 15) is 4.55 Å². The number of hydrogen-bond donors (Lipinski definition) is 0. The number of allylic oxidation sites excluding steroid dienone is 1. The molecule has 0 N–H and O–H groups in total. The van der Waals surface area contributed by atoms with Crippen LogP contribution in [0.25, 0.3) is 0 Å². The van der Waals surface area contributed by atoms with Crippen molar-refractivity contribution in [3.8, 4) is 0 Å². The maximum atomic E-state index is 10.7. The Morgan fingerprint density at radius 2 is 2.44 bits per heavy atom. The first-order chi connectivity index (χ1) is 4.31. The van der Waals surface area contributed by atoms with Crippen molar-refractivity contribution in [2.24, 2.45) is 0 Å². The van der Waals surface area contributed by atoms with Gasteiger partial charge in [-0.15, -0.1) is 6.58 Å². The second-order valence-corrected chi connectivity index (χ2v) is 4.36. The third-order valence-electron chi connectivity index (χ3n) is 0.549. The Hall–Kier alpha value is 0.140. The molecule has 0 heterocycles. The smallest absolute Gasteiger partial charge is 0.126 e. The highest BCUT2D eigenvalue weighted by molar-refractivity contribution is 8.73. The molecular formula is C6H10OS2. The predicted molar refractivity (Wildman–Crippen MR) is 45.6 cm³/mol. The number of hydrogen-bond acceptors (Lipinski definition) is 2. The van der Waals surface area contributed by atoms with Gasteiger partial charge in [-0.1, -0.05) is 6.08 Å². The van der Waals surface area contributed by atoms with E-state index >= 15 is 0 Å². The van der Waals surface area contributed by atoms with E-state index in [1.807, 2.05) is 6.92 Å². The standard InChI is InChI=1S/C6H10OS2/c1-3-5-8-9(7)6-4-2/h3-4,6H,1,5H2,2H3/b6-4-. The minimum Gasteiger partial charge on any atom is -0.601 e. The van der Waals surface area contributed by atoms with Gasteiger partial charge >= 0.3 is 0 Å². The summed E-state index contributed by atoms with van der Waals surface area (Å²) in [5.74, 6) is 0.747. The molecule has 0 radical (unpaired) electrons. The molecule has 0 aliphatic carbocycles. The van der Waals surface area contributed by atoms with Crippen LogP contribution in [0.1, 0.15) is 6.92 Å². The zero-order valence-electron chi connectivity index (χ0n) is 5.37. The first-order valence-electron chi connectivity index (χ1n) is 2.58. The highest BCUT2D eigenvalue weighted by atomic mass is 33.1. The van der Waals surface area contributed by atoms with Crippen molar-refractivity contribution >= 4 is 21.0 Å². The van der Waals surface area contributed by atoms with Crippen LogP contribution in [0, 0.1) is 0 Å². The SMILES string of the molecule is C=CCS[S+]([O-])/C=C\C. The highest BCUT2D eigenvalue weighted by Gasteiger charge is 1.98. The summed E-state index contributed by atoms with van der Waals surface area (Å²) >= 11 is 0. The molecule has 0 saturated carbocycles. The molecule has 1 unspecified atom stereocenters. The molecule has 0 bridgehead atoms. The molecule has 1 atom stereocenters. The summed E-state index contributed by atoms with van der Waals surface area (Å²) in [5, 5.41) is 1.66. The van der Waals surface area contributed by atoms with Crippen molar-refractivity contribution in [3.63, 3.8) is 0 Å². The minimum absolute atomic E-state index is 0.747. The van der Waals surface area contributed by atoms with E-state index in [4.69, 9.17) is 0 Å². The minimum atomic E-state index is -0.855. The molecule has 0 saturated heterocycles. The summed E-state index contributed by atoms with van der Waals surface area (Å²) in [6.07, 6.45) is 3.53. The van der Waals surface area contributed by atoms with E-state index in [1.165, 1.54) is 10.8 Å². The van der Waals surface area contributed by atoms with Crippen molar-refractivity contribution in [3.05, 3.63) is 24.1 Å². The summed E-state index contributed by atoms with van der Waals surface area (Å²) in [5.41, 5.74) is 0. The van der Waals surface area contributed by atoms with Gasteiger partial charge in [-0.25, -0.2) is 0 Å². The van der Waals surface area contributed by atoms with E-state index in [-0.39, 0.29) is 0 Å². The topological polar surface area (TPSA) is 23.1 Å². The fraction of sp³-hybridized carbons (Fsp3) is 0.333. The highest BCUT2D eigenvalue weighted by Crippen LogP contribution is 2.13. The molecule has 3 heteroatoms. The van der Waals surface area contributed by atoms with Crippen LogP contribution in [-0.2, 0) is 10.2 Å². The van der Waals surface area contributed by atoms with Gasteiger partial charge in [0.15, 0.2) is 0 Å². The van der Waals surface area contributed by atoms with E-state index in [1.54, 1.807) is 17.6 Å². The largest absolute Gasteiger partial charge is 0.601 e. The molecule has 0 aliphatic rings. The van der Waals surface area contributed by atoms with Crippen LogP contribution in [0.2, 0.25) is 0 Å². The maximum Gasteiger partial charge on any atom is 0.126 e. The molecule has 0 spiro atoms. The molecular weight excluding hydrogens is 152 g/mol. The van der Waals surface area contributed by atoms with Crippen LogP contribution in [0.5, 0.6) is 0 Å². The van der Waals surface area contributed by atoms with Gasteiger partial charge in [0, 0.05) is 0 Å². The molecule has 0 aromatic heterocycles. The van der Waals surface area contributed by atoms with Crippen LogP contribution in [0.3, 0.4) is 0 Å². The van der Waals surface area contributed by atoms with Crippen molar-refractivity contribution in [2.45, 2.75) is 6.92 Å². The van der Waals surface area contributed by atoms with Gasteiger partial charge in [-0.05, 0) is 13.0 Å². The van der Waals surface area contributed by atoms with Crippen LogP contribution in [0.4, 0.5) is 0 Å². The lowest BCUT2D eigenvalue weighted by Crippen LogP contribution is -1.87. The lowest BCUT2D eigenvalue weighted by molar-refractivity contribution is 0.617. The van der Waals surface area contributed by atoms with Gasteiger partial charge < -0.3 is 4.55 Å². The van der Waals surface area contributed by atoms with E-state index < -0.39 is 10.2 Å². The van der Waals surface area contributed by atoms with Crippen LogP contribution >= 0.6 is 10.8 Å². The number of rotatable bonds is 4. The molecule has 0 aliphatic heterocycles. The Balaban J connectivity index is 3.25. The zero-order chi connectivity index (χ0) is 7.11. The van der Waals surface area contributed by atoms with Gasteiger partial charge in [0.25, 0.3) is 0 Å². The van der Waals surface area contributed by atoms with Gasteiger partial charge in [-0.3, -0.25) is 0 Å². The average Bonchev–Trinajstić information content (AvgIpc) is 1.85. The van der Waals surface area contributed by atoms with Gasteiger partial charge in [0.2, 0.25) is 0 Å². The van der Waals surface area contributed by atoms with Crippen molar-refractivity contribution in [1.82, 2.24) is 0 Å². The molecule has 0 rings (SSSR count). The van der Waals surface area contributed by atoms with Crippen molar-refractivity contribution < 1.29 is 4.55 Å². The van der Waals surface area contributed by atoms with E-state index in [0.29, 0.717) is 0 Å². The third-order valence-corrected chi connectivity index (χ3v) is 3.09. The van der Waals surface area contributed by atoms with Gasteiger partial charge in [-0.2, -0.15) is 0 Å². The fourth-order valence-electron chi connectivity index (χ4n) is 0.266. The normalized spacial score (nSPS) is 14.0. The van der Waals surface area contributed by atoms with Crippen molar-refractivity contribution in [2.75, 3.05) is 5.75 Å². The molecule has 9 heavy (non-hydrogen) atoms. The second-order valence-electron chi connectivity index (χ2n) is 1.30. The third kappa shape index (κ3) is 6.02. The average molecular weight is 162 g/mol. The molecule has 1 nitrogen and oxygen atoms in total. The molecule has 0 aromatic carbocycles. The fourth-order valence-corrected chi connectivity index (χ4v) is 2.06. The van der Waals surface area contributed by atoms with E-state index in [0.717, 1.165) is 5.75 Å². The van der Waals surface area contributed by atoms with Gasteiger partial charge in [0.05, 0.1) is 26.8 Å². The maximum absolute atomic E-state index is 10.7. The molecule has 52 valence electrons. The van der Waals surface area contributed by atoms with Gasteiger partial charge in [0.1, 0.15) is 5.41 Å². The summed E-state index contributed by atoms with van der Waals surface area (Å²) < 4.78 is 10.7. The van der Waals surface area contributed by atoms with Crippen LogP contribution in [0.15, 0.2) is 24.1 Å². The lowest BCUT2D eigenvalue weighted by Gasteiger charge is -1.97. The molecule has 0 aromatic rings. The second kappa shape index (κ2) is 6.26. The predicted octanol–water partition coefficient (Wildman–Crippen LogP) is 2.10. The lowest BCUT2D eigenvalue weighted by atomic mass is 10.8. The summed E-state index contributed by atoms with van der Waals surface area (Å²) in [6, 6.07) is 0. The summed E-state index contributed by atoms with van der Waals surface area (Å²) in [6.45, 7) is 5.37. The van der Waals surface area contributed by atoms with Crippen molar-refractivity contribution in [1.29, 1.82) is 0 Å². The Morgan fingerprint density at radius 3 is 2.89 bits per heavy atom. The zero-order valence-corrected chi connectivity index (χ0v) is 7.00. The summed E-state index contributed by atoms with van der Waals surface area (Å²) in [4.78, 5) is 0.